The predicted octanol–water partition coefficient (Wildman–Crippen LogP) is 3.67. The Kier molecular flexibility index (Phi) is 4.64. The van der Waals surface area contributed by atoms with Crippen molar-refractivity contribution in [1.29, 1.82) is 0 Å². The Morgan fingerprint density at radius 3 is 2.04 bits per heavy atom. The number of ether oxygens (including phenoxy) is 2. The van der Waals surface area contributed by atoms with E-state index in [9.17, 15) is 9.59 Å². The van der Waals surface area contributed by atoms with Gasteiger partial charge in [-0.15, -0.1) is 0 Å². The molecular formula is C17H13Br2NO4. The molecule has 1 aliphatic carbocycles. The second kappa shape index (κ2) is 6.57. The van der Waals surface area contributed by atoms with Crippen LogP contribution in [0.2, 0.25) is 0 Å². The Hall–Kier alpha value is -1.86. The Bertz CT molecular complexity index is 763. The number of primary amides is 1. The van der Waals surface area contributed by atoms with E-state index in [0.29, 0.717) is 0 Å². The number of benzene rings is 2. The number of alkyl halides is 2. The summed E-state index contributed by atoms with van der Waals surface area (Å²) in [6.45, 7) is -0.538. The van der Waals surface area contributed by atoms with Crippen LogP contribution in [0.15, 0.2) is 48.5 Å². The van der Waals surface area contributed by atoms with Gasteiger partial charge in [0, 0.05) is 0 Å². The minimum Gasteiger partial charge on any atom is -0.446 e. The van der Waals surface area contributed by atoms with Crippen LogP contribution in [0.3, 0.4) is 0 Å². The summed E-state index contributed by atoms with van der Waals surface area (Å²) in [4.78, 5) is 22.5. The van der Waals surface area contributed by atoms with Crippen molar-refractivity contribution >= 4 is 43.9 Å². The van der Waals surface area contributed by atoms with E-state index >= 15 is 0 Å². The summed E-state index contributed by atoms with van der Waals surface area (Å²) in [5.74, 6) is -0.698. The molecule has 1 aliphatic rings. The lowest BCUT2D eigenvalue weighted by atomic mass is 9.97. The maximum absolute atomic E-state index is 11.9. The third-order valence-electron chi connectivity index (χ3n) is 3.81. The average molecular weight is 455 g/mol. The summed E-state index contributed by atoms with van der Waals surface area (Å²) in [5, 5.41) is -0.709. The molecule has 0 bridgehead atoms. The van der Waals surface area contributed by atoms with Crippen molar-refractivity contribution in [3.8, 4) is 11.1 Å². The molecule has 5 nitrogen and oxygen atoms in total. The first kappa shape index (κ1) is 17.0. The van der Waals surface area contributed by atoms with Crippen LogP contribution in [0.25, 0.3) is 11.1 Å². The molecule has 1 unspecified atom stereocenters. The SMILES string of the molecule is NC(=O)OCC(=O)OC(Br)C1(Br)c2ccccc2-c2ccccc21. The number of esters is 1. The zero-order valence-corrected chi connectivity index (χ0v) is 15.5. The van der Waals surface area contributed by atoms with Crippen LogP contribution in [-0.2, 0) is 18.6 Å². The zero-order chi connectivity index (χ0) is 17.3. The summed E-state index contributed by atoms with van der Waals surface area (Å²) in [6.07, 6.45) is -1.02. The summed E-state index contributed by atoms with van der Waals surface area (Å²) in [6, 6.07) is 15.8. The summed E-state index contributed by atoms with van der Waals surface area (Å²) < 4.78 is 9.12. The molecule has 2 aromatic rings. The van der Waals surface area contributed by atoms with Gasteiger partial charge < -0.3 is 15.2 Å². The van der Waals surface area contributed by atoms with Crippen molar-refractivity contribution < 1.29 is 19.1 Å². The molecule has 0 heterocycles. The lowest BCUT2D eigenvalue weighted by Crippen LogP contribution is -2.34. The lowest BCUT2D eigenvalue weighted by Gasteiger charge is -2.30. The smallest absolute Gasteiger partial charge is 0.405 e. The van der Waals surface area contributed by atoms with E-state index in [4.69, 9.17) is 10.5 Å². The van der Waals surface area contributed by atoms with Gasteiger partial charge in [-0.1, -0.05) is 64.5 Å². The van der Waals surface area contributed by atoms with Gasteiger partial charge >= 0.3 is 12.1 Å². The first-order valence-electron chi connectivity index (χ1n) is 7.08. The Morgan fingerprint density at radius 1 is 1.04 bits per heavy atom. The van der Waals surface area contributed by atoms with Gasteiger partial charge in [0.15, 0.2) is 11.6 Å². The third-order valence-corrected chi connectivity index (χ3v) is 6.57. The lowest BCUT2D eigenvalue weighted by molar-refractivity contribution is -0.148. The quantitative estimate of drug-likeness (QED) is 0.564. The fourth-order valence-electron chi connectivity index (χ4n) is 2.82. The van der Waals surface area contributed by atoms with Crippen LogP contribution in [-0.4, -0.2) is 23.7 Å². The van der Waals surface area contributed by atoms with Crippen molar-refractivity contribution in [3.05, 3.63) is 59.7 Å². The van der Waals surface area contributed by atoms with Gasteiger partial charge in [0.05, 0.1) is 0 Å². The predicted molar refractivity (Wildman–Crippen MR) is 95.9 cm³/mol. The highest BCUT2D eigenvalue weighted by Crippen LogP contribution is 2.56. The highest BCUT2D eigenvalue weighted by molar-refractivity contribution is 9.12. The number of carbonyl (C=O) groups excluding carboxylic acids is 2. The minimum atomic E-state index is -1.02. The van der Waals surface area contributed by atoms with Crippen LogP contribution < -0.4 is 5.73 Å². The van der Waals surface area contributed by atoms with Crippen molar-refractivity contribution in [1.82, 2.24) is 0 Å². The standard InChI is InChI=1S/C17H13Br2NO4/c18-15(24-14(21)9-23-16(20)22)17(19)12-7-3-1-5-10(12)11-6-2-4-8-13(11)17/h1-8,15H,9H2,(H2,20,22). The van der Waals surface area contributed by atoms with E-state index in [1.807, 2.05) is 48.5 Å². The van der Waals surface area contributed by atoms with E-state index in [1.54, 1.807) is 0 Å². The summed E-state index contributed by atoms with van der Waals surface area (Å²) >= 11 is 7.21. The number of nitrogens with two attached hydrogens (primary N) is 1. The molecule has 24 heavy (non-hydrogen) atoms. The van der Waals surface area contributed by atoms with Gasteiger partial charge in [0.1, 0.15) is 4.32 Å². The van der Waals surface area contributed by atoms with Crippen LogP contribution >= 0.6 is 31.9 Å². The maximum Gasteiger partial charge on any atom is 0.405 e. The molecule has 0 fully saturated rings. The molecule has 124 valence electrons. The van der Waals surface area contributed by atoms with Crippen molar-refractivity contribution in [3.63, 3.8) is 0 Å². The molecule has 7 heteroatoms. The van der Waals surface area contributed by atoms with E-state index in [1.165, 1.54) is 0 Å². The van der Waals surface area contributed by atoms with E-state index in [-0.39, 0.29) is 0 Å². The molecule has 0 aromatic heterocycles. The molecule has 0 aliphatic heterocycles. The van der Waals surface area contributed by atoms with Crippen molar-refractivity contribution in [2.75, 3.05) is 6.61 Å². The number of halogens is 2. The Labute approximate surface area is 155 Å². The number of rotatable bonds is 4. The zero-order valence-electron chi connectivity index (χ0n) is 12.4. The first-order chi connectivity index (χ1) is 11.4. The Morgan fingerprint density at radius 2 is 1.54 bits per heavy atom. The highest BCUT2D eigenvalue weighted by atomic mass is 79.9. The molecule has 0 radical (unpaired) electrons. The van der Waals surface area contributed by atoms with Gasteiger partial charge in [-0.25, -0.2) is 9.59 Å². The number of hydrogen-bond acceptors (Lipinski definition) is 4. The average Bonchev–Trinajstić information content (AvgIpc) is 2.84. The molecule has 3 rings (SSSR count). The molecule has 0 saturated carbocycles. The van der Waals surface area contributed by atoms with Gasteiger partial charge in [0.25, 0.3) is 0 Å². The molecule has 2 aromatic carbocycles. The molecule has 0 saturated heterocycles. The van der Waals surface area contributed by atoms with Gasteiger partial charge in [-0.2, -0.15) is 0 Å². The molecule has 1 amide bonds. The normalized spacial score (nSPS) is 15.1. The molecule has 2 N–H and O–H groups in total. The number of carbonyl (C=O) groups is 2. The van der Waals surface area contributed by atoms with E-state index in [0.717, 1.165) is 22.3 Å². The number of amides is 1. The largest absolute Gasteiger partial charge is 0.446 e. The fourth-order valence-corrected chi connectivity index (χ4v) is 4.31. The van der Waals surface area contributed by atoms with Crippen LogP contribution in [0.5, 0.6) is 0 Å². The molecule has 0 spiro atoms. The van der Waals surface area contributed by atoms with Crippen LogP contribution in [0.1, 0.15) is 11.1 Å². The molecular weight excluding hydrogens is 442 g/mol. The monoisotopic (exact) mass is 453 g/mol. The molecule has 1 atom stereocenters. The summed E-state index contributed by atoms with van der Waals surface area (Å²) in [5.41, 5.74) is 8.96. The topological polar surface area (TPSA) is 78.6 Å². The van der Waals surface area contributed by atoms with E-state index in [2.05, 4.69) is 36.6 Å². The van der Waals surface area contributed by atoms with Gasteiger partial charge in [0.2, 0.25) is 0 Å². The van der Waals surface area contributed by atoms with Crippen LogP contribution in [0, 0.1) is 0 Å². The highest BCUT2D eigenvalue weighted by Gasteiger charge is 2.48. The van der Waals surface area contributed by atoms with Crippen molar-refractivity contribution in [2.45, 2.75) is 9.34 Å². The number of fused-ring (bicyclic) bond motifs is 3. The van der Waals surface area contributed by atoms with E-state index < -0.39 is 28.0 Å². The fraction of sp³-hybridized carbons (Fsp3) is 0.176. The summed E-state index contributed by atoms with van der Waals surface area (Å²) in [7, 11) is 0. The van der Waals surface area contributed by atoms with Crippen molar-refractivity contribution in [2.24, 2.45) is 5.73 Å². The third kappa shape index (κ3) is 2.82. The maximum atomic E-state index is 11.9. The number of hydrogen-bond donors (Lipinski definition) is 1. The first-order valence-corrected chi connectivity index (χ1v) is 8.79. The second-order valence-electron chi connectivity index (χ2n) is 5.22. The Balaban J connectivity index is 1.94. The minimum absolute atomic E-state index is 0.538. The van der Waals surface area contributed by atoms with Gasteiger partial charge in [-0.05, 0) is 38.2 Å². The van der Waals surface area contributed by atoms with Crippen LogP contribution in [0.4, 0.5) is 4.79 Å². The van der Waals surface area contributed by atoms with Gasteiger partial charge in [-0.3, -0.25) is 0 Å². The second-order valence-corrected chi connectivity index (χ2v) is 7.30.